The van der Waals surface area contributed by atoms with Gasteiger partial charge in [-0.1, -0.05) is 6.92 Å². The molecule has 0 aromatic carbocycles. The van der Waals surface area contributed by atoms with Gasteiger partial charge in [0.25, 0.3) is 5.91 Å². The van der Waals surface area contributed by atoms with Gasteiger partial charge in [0.15, 0.2) is 11.7 Å². The van der Waals surface area contributed by atoms with Crippen molar-refractivity contribution in [2.75, 3.05) is 19.0 Å². The van der Waals surface area contributed by atoms with Crippen LogP contribution in [0.2, 0.25) is 0 Å². The number of hydrogen-bond acceptors (Lipinski definition) is 8. The fraction of sp³-hybridized carbons (Fsp3) is 0.375. The minimum Gasteiger partial charge on any atom is -0.469 e. The number of carbonyl (C=O) groups is 3. The summed E-state index contributed by atoms with van der Waals surface area (Å²) in [6, 6.07) is 1.79. The highest BCUT2D eigenvalue weighted by Crippen LogP contribution is 2.22. The van der Waals surface area contributed by atoms with Crippen LogP contribution in [0.4, 0.5) is 5.13 Å². The summed E-state index contributed by atoms with van der Waals surface area (Å²) in [4.78, 5) is 40.7. The molecule has 0 atom stereocenters. The average Bonchev–Trinajstić information content (AvgIpc) is 3.18. The number of thiophene rings is 1. The van der Waals surface area contributed by atoms with Gasteiger partial charge in [0, 0.05) is 10.3 Å². The highest BCUT2D eigenvalue weighted by molar-refractivity contribution is 7.14. The highest BCUT2D eigenvalue weighted by atomic mass is 32.1. The van der Waals surface area contributed by atoms with Crippen molar-refractivity contribution in [3.8, 4) is 0 Å². The van der Waals surface area contributed by atoms with E-state index in [1.807, 2.05) is 13.8 Å². The van der Waals surface area contributed by atoms with Gasteiger partial charge in [0.05, 0.1) is 19.2 Å². The Morgan fingerprint density at radius 2 is 2.08 bits per heavy atom. The van der Waals surface area contributed by atoms with Crippen molar-refractivity contribution in [2.45, 2.75) is 26.7 Å². The molecule has 0 bridgehead atoms. The fourth-order valence-electron chi connectivity index (χ4n) is 1.99. The number of thiazole rings is 1. The maximum Gasteiger partial charge on any atom is 0.348 e. The van der Waals surface area contributed by atoms with E-state index in [1.54, 1.807) is 11.4 Å². The predicted molar refractivity (Wildman–Crippen MR) is 95.2 cm³/mol. The van der Waals surface area contributed by atoms with Crippen molar-refractivity contribution >= 4 is 45.7 Å². The molecule has 7 nitrogen and oxygen atoms in total. The third-order valence-electron chi connectivity index (χ3n) is 3.29. The second-order valence-corrected chi connectivity index (χ2v) is 7.18. The van der Waals surface area contributed by atoms with Gasteiger partial charge in [-0.2, -0.15) is 0 Å². The minimum atomic E-state index is -0.520. The summed E-state index contributed by atoms with van der Waals surface area (Å²) in [6.45, 7) is 3.56. The Balaban J connectivity index is 1.84. The quantitative estimate of drug-likeness (QED) is 0.740. The number of anilines is 1. The van der Waals surface area contributed by atoms with Crippen LogP contribution in [0.5, 0.6) is 0 Å². The summed E-state index contributed by atoms with van der Waals surface area (Å²) >= 11 is 2.53. The molecule has 0 saturated carbocycles. The molecule has 0 aliphatic heterocycles. The molecule has 1 amide bonds. The number of nitrogens with zero attached hydrogens (tertiary/aromatic N) is 1. The number of methoxy groups -OCH3 is 1. The Bertz CT molecular complexity index is 781. The molecule has 0 spiro atoms. The predicted octanol–water partition coefficient (Wildman–Crippen LogP) is 2.59. The Morgan fingerprint density at radius 1 is 1.32 bits per heavy atom. The standard InChI is InChI=1S/C16H18N2O5S2/c1-4-10-5-12(25-9(10)2)15(21)23-7-13(19)18-16-17-11(8-24-16)6-14(20)22-3/h5,8H,4,6-7H2,1-3H3,(H,17,18,19). The first-order valence-corrected chi connectivity index (χ1v) is 9.20. The highest BCUT2D eigenvalue weighted by Gasteiger charge is 2.15. The van der Waals surface area contributed by atoms with E-state index in [0.29, 0.717) is 15.7 Å². The Hall–Kier alpha value is -2.26. The van der Waals surface area contributed by atoms with Crippen LogP contribution in [0.3, 0.4) is 0 Å². The second-order valence-electron chi connectivity index (χ2n) is 5.07. The van der Waals surface area contributed by atoms with E-state index in [4.69, 9.17) is 4.74 Å². The molecule has 0 unspecified atom stereocenters. The lowest BCUT2D eigenvalue weighted by Crippen LogP contribution is -2.20. The topological polar surface area (TPSA) is 94.6 Å². The first kappa shape index (κ1) is 19.1. The summed E-state index contributed by atoms with van der Waals surface area (Å²) < 4.78 is 9.58. The average molecular weight is 382 g/mol. The van der Waals surface area contributed by atoms with Crippen LogP contribution in [0, 0.1) is 6.92 Å². The van der Waals surface area contributed by atoms with Crippen molar-refractivity contribution in [2.24, 2.45) is 0 Å². The third-order valence-corrected chi connectivity index (χ3v) is 5.17. The molecule has 25 heavy (non-hydrogen) atoms. The van der Waals surface area contributed by atoms with Crippen LogP contribution in [0.15, 0.2) is 11.4 Å². The van der Waals surface area contributed by atoms with Gasteiger partial charge >= 0.3 is 11.9 Å². The van der Waals surface area contributed by atoms with Crippen LogP contribution in [0.1, 0.15) is 32.7 Å². The first-order chi connectivity index (χ1) is 11.9. The number of rotatable bonds is 7. The monoisotopic (exact) mass is 382 g/mol. The summed E-state index contributed by atoms with van der Waals surface area (Å²) in [5.74, 6) is -1.42. The lowest BCUT2D eigenvalue weighted by Gasteiger charge is -2.03. The van der Waals surface area contributed by atoms with E-state index >= 15 is 0 Å². The van der Waals surface area contributed by atoms with Crippen molar-refractivity contribution in [3.05, 3.63) is 32.5 Å². The lowest BCUT2D eigenvalue weighted by molar-refractivity contribution is -0.139. The van der Waals surface area contributed by atoms with E-state index in [2.05, 4.69) is 15.0 Å². The molecule has 0 fully saturated rings. The number of carbonyl (C=O) groups excluding carboxylic acids is 3. The van der Waals surface area contributed by atoms with Gasteiger partial charge in [-0.15, -0.1) is 22.7 Å². The van der Waals surface area contributed by atoms with Gasteiger partial charge in [0.2, 0.25) is 0 Å². The normalized spacial score (nSPS) is 10.4. The number of aromatic nitrogens is 1. The number of amides is 1. The summed E-state index contributed by atoms with van der Waals surface area (Å²) in [6.07, 6.45) is 0.878. The van der Waals surface area contributed by atoms with Gasteiger partial charge in [0.1, 0.15) is 4.88 Å². The maximum absolute atomic E-state index is 12.0. The van der Waals surface area contributed by atoms with Gasteiger partial charge in [-0.05, 0) is 25.0 Å². The van der Waals surface area contributed by atoms with Crippen molar-refractivity contribution in [1.29, 1.82) is 0 Å². The zero-order chi connectivity index (χ0) is 18.4. The number of hydrogen-bond donors (Lipinski definition) is 1. The van der Waals surface area contributed by atoms with Crippen LogP contribution in [-0.4, -0.2) is 36.5 Å². The molecule has 134 valence electrons. The molecule has 0 saturated heterocycles. The summed E-state index contributed by atoms with van der Waals surface area (Å²) in [5.41, 5.74) is 1.60. The lowest BCUT2D eigenvalue weighted by atomic mass is 10.2. The third kappa shape index (κ3) is 5.36. The zero-order valence-electron chi connectivity index (χ0n) is 14.1. The maximum atomic E-state index is 12.0. The van der Waals surface area contributed by atoms with Gasteiger partial charge in [-0.3, -0.25) is 14.9 Å². The van der Waals surface area contributed by atoms with E-state index in [-0.39, 0.29) is 6.42 Å². The number of ether oxygens (including phenoxy) is 2. The van der Waals surface area contributed by atoms with Crippen LogP contribution in [-0.2, 0) is 31.9 Å². The molecule has 2 aromatic rings. The van der Waals surface area contributed by atoms with E-state index in [0.717, 1.165) is 16.9 Å². The van der Waals surface area contributed by atoms with E-state index in [9.17, 15) is 14.4 Å². The van der Waals surface area contributed by atoms with Crippen LogP contribution in [0.25, 0.3) is 0 Å². The summed E-state index contributed by atoms with van der Waals surface area (Å²) in [5, 5.41) is 4.52. The zero-order valence-corrected chi connectivity index (χ0v) is 15.7. The van der Waals surface area contributed by atoms with Gasteiger partial charge < -0.3 is 9.47 Å². The first-order valence-electron chi connectivity index (χ1n) is 7.50. The Morgan fingerprint density at radius 3 is 2.72 bits per heavy atom. The molecular weight excluding hydrogens is 364 g/mol. The van der Waals surface area contributed by atoms with E-state index in [1.165, 1.54) is 29.8 Å². The molecule has 0 aliphatic carbocycles. The number of aryl methyl sites for hydroxylation is 2. The Kier molecular flexibility index (Phi) is 6.65. The molecule has 2 heterocycles. The summed E-state index contributed by atoms with van der Waals surface area (Å²) in [7, 11) is 1.30. The molecule has 0 aliphatic rings. The molecule has 9 heteroatoms. The van der Waals surface area contributed by atoms with Crippen molar-refractivity contribution in [3.63, 3.8) is 0 Å². The van der Waals surface area contributed by atoms with Crippen molar-refractivity contribution in [1.82, 2.24) is 4.98 Å². The largest absolute Gasteiger partial charge is 0.469 e. The molecule has 0 radical (unpaired) electrons. The molecular formula is C16H18N2O5S2. The van der Waals surface area contributed by atoms with Crippen molar-refractivity contribution < 1.29 is 23.9 Å². The molecule has 2 aromatic heterocycles. The molecule has 2 rings (SSSR count). The number of esters is 2. The second kappa shape index (κ2) is 8.72. The van der Waals surface area contributed by atoms with Gasteiger partial charge in [-0.25, -0.2) is 9.78 Å². The minimum absolute atomic E-state index is 0.0371. The SMILES string of the molecule is CCc1cc(C(=O)OCC(=O)Nc2nc(CC(=O)OC)cs2)sc1C. The molecule has 1 N–H and O–H groups in total. The number of nitrogens with one attached hydrogen (secondary N) is 1. The fourth-order valence-corrected chi connectivity index (χ4v) is 3.73. The Labute approximate surface area is 153 Å². The van der Waals surface area contributed by atoms with E-state index < -0.39 is 24.5 Å². The smallest absolute Gasteiger partial charge is 0.348 e. The van der Waals surface area contributed by atoms with Crippen LogP contribution >= 0.6 is 22.7 Å². The van der Waals surface area contributed by atoms with Crippen LogP contribution < -0.4 is 5.32 Å².